The highest BCUT2D eigenvalue weighted by Gasteiger charge is 2.18. The SMILES string of the molecule is O=[N+]([O-])ON(O[N+](=O)[O-])O[N+](=O)[O-]. The third-order valence-electron chi connectivity index (χ3n) is 0.400. The van der Waals surface area contributed by atoms with E-state index < -0.39 is 20.6 Å². The van der Waals surface area contributed by atoms with Crippen LogP contribution >= 0.6 is 0 Å². The molecular weight excluding hydrogens is 200 g/mol. The quantitative estimate of drug-likeness (QED) is 0.370. The largest absolute Gasteiger partial charge is 0.315 e. The Kier molecular flexibility index (Phi) is 3.61. The predicted octanol–water partition coefficient (Wildman–Crippen LogP) is -1.34. The van der Waals surface area contributed by atoms with Crippen molar-refractivity contribution in [2.24, 2.45) is 0 Å². The summed E-state index contributed by atoms with van der Waals surface area (Å²) in [5, 5.41) is 22.7. The van der Waals surface area contributed by atoms with Gasteiger partial charge in [-0.15, -0.1) is 30.3 Å². The second-order valence-electron chi connectivity index (χ2n) is 1.14. The van der Waals surface area contributed by atoms with Crippen LogP contribution in [0.3, 0.4) is 0 Å². The lowest BCUT2D eigenvalue weighted by molar-refractivity contribution is -1.02. The average Bonchev–Trinajstić information content (AvgIpc) is 1.80. The normalized spacial score (nSPS) is 9.00. The first-order chi connectivity index (χ1) is 5.91. The molecule has 0 rings (SSSR count). The van der Waals surface area contributed by atoms with E-state index in [0.29, 0.717) is 0 Å². The van der Waals surface area contributed by atoms with Crippen LogP contribution in [0.2, 0.25) is 0 Å². The van der Waals surface area contributed by atoms with E-state index in [2.05, 4.69) is 14.8 Å². The average molecular weight is 200 g/mol. The molecule has 0 saturated heterocycles. The van der Waals surface area contributed by atoms with Crippen molar-refractivity contribution in [3.8, 4) is 0 Å². The lowest BCUT2D eigenvalue weighted by Gasteiger charge is -2.09. The van der Waals surface area contributed by atoms with E-state index in [1.807, 2.05) is 0 Å². The van der Waals surface area contributed by atoms with Crippen molar-refractivity contribution in [3.63, 3.8) is 0 Å². The smallest absolute Gasteiger partial charge is 0.164 e. The molecule has 0 saturated carbocycles. The molecule has 0 aromatic heterocycles. The van der Waals surface area contributed by atoms with E-state index in [1.54, 1.807) is 0 Å². The topological polar surface area (TPSA) is 160 Å². The van der Waals surface area contributed by atoms with E-state index in [9.17, 15) is 30.3 Å². The second kappa shape index (κ2) is 4.44. The Balaban J connectivity index is 4.10. The summed E-state index contributed by atoms with van der Waals surface area (Å²) >= 11 is 0. The molecule has 0 atom stereocenters. The van der Waals surface area contributed by atoms with E-state index in [-0.39, 0.29) is 0 Å². The van der Waals surface area contributed by atoms with Crippen LogP contribution in [0.5, 0.6) is 0 Å². The van der Waals surface area contributed by atoms with Gasteiger partial charge in [0, 0.05) is 0 Å². The van der Waals surface area contributed by atoms with Crippen LogP contribution in [-0.2, 0) is 14.8 Å². The van der Waals surface area contributed by atoms with Crippen LogP contribution < -0.4 is 0 Å². The minimum atomic E-state index is -1.62. The van der Waals surface area contributed by atoms with Crippen molar-refractivity contribution in [1.29, 1.82) is 0 Å². The standard InChI is InChI=1S/N4O9/c5-1(6)11-4(12-2(7)8)13-3(9)10. The molecular formula is N4O9. The van der Waals surface area contributed by atoms with E-state index in [0.717, 1.165) is 0 Å². The lowest BCUT2D eigenvalue weighted by atomic mass is 12.7. The van der Waals surface area contributed by atoms with Crippen molar-refractivity contribution >= 4 is 0 Å². The summed E-state index contributed by atoms with van der Waals surface area (Å²) in [6.07, 6.45) is 0. The Morgan fingerprint density at radius 2 is 1.00 bits per heavy atom. The monoisotopic (exact) mass is 200 g/mol. The van der Waals surface area contributed by atoms with Gasteiger partial charge in [-0.3, -0.25) is 0 Å². The molecule has 0 aliphatic rings. The molecule has 0 N–H and O–H groups in total. The molecule has 0 amide bonds. The zero-order chi connectivity index (χ0) is 10.4. The van der Waals surface area contributed by atoms with Crippen LogP contribution in [-0.4, -0.2) is 20.6 Å². The van der Waals surface area contributed by atoms with Gasteiger partial charge >= 0.3 is 15.3 Å². The van der Waals surface area contributed by atoms with Gasteiger partial charge in [0.25, 0.3) is 0 Å². The first-order valence-corrected chi connectivity index (χ1v) is 2.19. The fraction of sp³-hybridized carbons (Fsp3) is 0. The minimum Gasteiger partial charge on any atom is -0.164 e. The van der Waals surface area contributed by atoms with Crippen molar-refractivity contribution in [2.75, 3.05) is 0 Å². The number of hydrogen-bond donors (Lipinski definition) is 0. The summed E-state index contributed by atoms with van der Waals surface area (Å²) in [6.45, 7) is 0. The second-order valence-corrected chi connectivity index (χ2v) is 1.14. The maximum atomic E-state index is 9.51. The molecule has 13 heavy (non-hydrogen) atoms. The molecule has 0 aliphatic heterocycles. The third-order valence-corrected chi connectivity index (χ3v) is 0.400. The zero-order valence-electron chi connectivity index (χ0n) is 5.46. The molecule has 74 valence electrons. The van der Waals surface area contributed by atoms with Crippen LogP contribution in [0, 0.1) is 30.3 Å². The van der Waals surface area contributed by atoms with Crippen molar-refractivity contribution in [2.45, 2.75) is 0 Å². The molecule has 0 spiro atoms. The molecule has 0 aliphatic carbocycles. The summed E-state index contributed by atoms with van der Waals surface area (Å²) < 4.78 is 0. The highest BCUT2D eigenvalue weighted by molar-refractivity contribution is 3.90. The maximum Gasteiger partial charge on any atom is 0.315 e. The summed E-state index contributed by atoms with van der Waals surface area (Å²) in [6, 6.07) is 0. The predicted molar refractivity (Wildman–Crippen MR) is 26.1 cm³/mol. The Bertz CT molecular complexity index is 182. The molecule has 0 fully saturated rings. The first-order valence-electron chi connectivity index (χ1n) is 2.19. The van der Waals surface area contributed by atoms with Crippen molar-refractivity contribution < 1.29 is 30.1 Å². The van der Waals surface area contributed by atoms with Gasteiger partial charge in [-0.05, 0) is 0 Å². The number of hydrogen-bond acceptors (Lipinski definition) is 10. The summed E-state index contributed by atoms with van der Waals surface area (Å²) in [4.78, 5) is 37.8. The van der Waals surface area contributed by atoms with Gasteiger partial charge in [0.15, 0.2) is 5.39 Å². The van der Waals surface area contributed by atoms with Gasteiger partial charge in [-0.1, -0.05) is 0 Å². The van der Waals surface area contributed by atoms with Gasteiger partial charge in [-0.25, -0.2) is 0 Å². The van der Waals surface area contributed by atoms with E-state index in [4.69, 9.17) is 0 Å². The van der Waals surface area contributed by atoms with Gasteiger partial charge in [0.2, 0.25) is 0 Å². The number of rotatable bonds is 6. The van der Waals surface area contributed by atoms with E-state index in [1.165, 1.54) is 0 Å². The Morgan fingerprint density at radius 1 is 0.769 bits per heavy atom. The summed E-state index contributed by atoms with van der Waals surface area (Å²) in [5.41, 5.74) is 0. The van der Waals surface area contributed by atoms with Crippen LogP contribution in [0.25, 0.3) is 0 Å². The molecule has 13 nitrogen and oxygen atoms in total. The third kappa shape index (κ3) is 5.98. The van der Waals surface area contributed by atoms with Gasteiger partial charge < -0.3 is 0 Å². The Morgan fingerprint density at radius 3 is 1.15 bits per heavy atom. The van der Waals surface area contributed by atoms with Crippen LogP contribution in [0.4, 0.5) is 0 Å². The molecule has 0 aromatic rings. The lowest BCUT2D eigenvalue weighted by Crippen LogP contribution is -2.32. The summed E-state index contributed by atoms with van der Waals surface area (Å²) in [7, 11) is 0. The molecule has 13 heteroatoms. The molecule has 0 bridgehead atoms. The number of nitrogens with zero attached hydrogens (tertiary/aromatic N) is 4. The highest BCUT2D eigenvalue weighted by atomic mass is 17.4. The van der Waals surface area contributed by atoms with Gasteiger partial charge in [-0.2, -0.15) is 14.8 Å². The van der Waals surface area contributed by atoms with Crippen molar-refractivity contribution in [1.82, 2.24) is 5.39 Å². The highest BCUT2D eigenvalue weighted by Crippen LogP contribution is 1.94. The van der Waals surface area contributed by atoms with Gasteiger partial charge in [0.1, 0.15) is 0 Å². The van der Waals surface area contributed by atoms with Gasteiger partial charge in [0.05, 0.1) is 0 Å². The fourth-order valence-corrected chi connectivity index (χ4v) is 0.208. The van der Waals surface area contributed by atoms with Crippen molar-refractivity contribution in [3.05, 3.63) is 30.3 Å². The maximum absolute atomic E-state index is 9.51. The fourth-order valence-electron chi connectivity index (χ4n) is 0.208. The molecule has 0 radical (unpaired) electrons. The Hall–Kier alpha value is -2.44. The van der Waals surface area contributed by atoms with Crippen LogP contribution in [0.1, 0.15) is 0 Å². The summed E-state index contributed by atoms with van der Waals surface area (Å²) in [5.74, 6) is 0. The molecule has 0 unspecified atom stereocenters. The Labute approximate surface area is 67.2 Å². The van der Waals surface area contributed by atoms with E-state index >= 15 is 0 Å². The molecule has 0 aromatic carbocycles. The molecule has 0 heterocycles. The minimum absolute atomic E-state index is 1.00. The zero-order valence-corrected chi connectivity index (χ0v) is 5.46. The first kappa shape index (κ1) is 10.6. The van der Waals surface area contributed by atoms with Crippen LogP contribution in [0.15, 0.2) is 0 Å².